The van der Waals surface area contributed by atoms with Crippen LogP contribution >= 0.6 is 0 Å². The Balaban J connectivity index is 1.62. The molecule has 6 nitrogen and oxygen atoms in total. The highest BCUT2D eigenvalue weighted by atomic mass is 16.5. The van der Waals surface area contributed by atoms with Gasteiger partial charge in [0.1, 0.15) is 6.04 Å². The number of hydrogen-bond acceptors (Lipinski definition) is 4. The van der Waals surface area contributed by atoms with Gasteiger partial charge >= 0.3 is 0 Å². The van der Waals surface area contributed by atoms with Crippen molar-refractivity contribution in [2.75, 3.05) is 19.8 Å². The van der Waals surface area contributed by atoms with Crippen LogP contribution in [0, 0.1) is 0 Å². The first-order valence-corrected chi connectivity index (χ1v) is 9.97. The van der Waals surface area contributed by atoms with E-state index in [9.17, 15) is 9.59 Å². The Kier molecular flexibility index (Phi) is 7.25. The molecular weight excluding hydrogens is 356 g/mol. The van der Waals surface area contributed by atoms with E-state index in [0.29, 0.717) is 26.1 Å². The first-order chi connectivity index (χ1) is 13.7. The van der Waals surface area contributed by atoms with Crippen LogP contribution in [-0.4, -0.2) is 42.5 Å². The summed E-state index contributed by atoms with van der Waals surface area (Å²) in [6, 6.07) is 10.7. The molecule has 1 aliphatic rings. The quantitative estimate of drug-likeness (QED) is 0.674. The first-order valence-electron chi connectivity index (χ1n) is 9.97. The number of nitrogens with one attached hydrogen (secondary N) is 1. The Morgan fingerprint density at radius 1 is 1.14 bits per heavy atom. The number of fused-ring (bicyclic) bond motifs is 1. The normalized spacial score (nSPS) is 15.9. The van der Waals surface area contributed by atoms with Crippen molar-refractivity contribution in [3.63, 3.8) is 0 Å². The molecule has 0 bridgehead atoms. The summed E-state index contributed by atoms with van der Waals surface area (Å²) in [7, 11) is 0. The minimum atomic E-state index is -0.548. The van der Waals surface area contributed by atoms with Crippen molar-refractivity contribution in [3.8, 4) is 0 Å². The van der Waals surface area contributed by atoms with Gasteiger partial charge in [-0.05, 0) is 36.1 Å². The van der Waals surface area contributed by atoms with E-state index in [2.05, 4.69) is 12.2 Å². The molecule has 1 aliphatic heterocycles. The third-order valence-electron chi connectivity index (χ3n) is 4.95. The van der Waals surface area contributed by atoms with E-state index in [1.807, 2.05) is 24.3 Å². The van der Waals surface area contributed by atoms with Crippen molar-refractivity contribution in [2.24, 2.45) is 0 Å². The molecule has 28 heavy (non-hydrogen) atoms. The van der Waals surface area contributed by atoms with Crippen molar-refractivity contribution in [2.45, 2.75) is 45.2 Å². The van der Waals surface area contributed by atoms with Crippen LogP contribution < -0.4 is 5.32 Å². The molecule has 2 aromatic rings. The molecule has 0 spiro atoms. The SMILES string of the molecule is CCCCOCCCNC(=O)[C@@H]1Cc2ccccc2CN1C(=O)c1ccco1. The van der Waals surface area contributed by atoms with Crippen LogP contribution in [0.3, 0.4) is 0 Å². The maximum atomic E-state index is 12.9. The number of ether oxygens (including phenoxy) is 1. The van der Waals surface area contributed by atoms with Crippen molar-refractivity contribution in [1.82, 2.24) is 10.2 Å². The summed E-state index contributed by atoms with van der Waals surface area (Å²) in [4.78, 5) is 27.4. The molecule has 2 heterocycles. The molecule has 2 amide bonds. The third kappa shape index (κ3) is 5.01. The number of unbranched alkanes of at least 4 members (excludes halogenated alkanes) is 1. The number of furan rings is 1. The molecule has 0 fully saturated rings. The molecule has 6 heteroatoms. The summed E-state index contributed by atoms with van der Waals surface area (Å²) >= 11 is 0. The molecular formula is C22H28N2O4. The van der Waals surface area contributed by atoms with Gasteiger partial charge in [0.2, 0.25) is 5.91 Å². The molecule has 0 aliphatic carbocycles. The molecule has 3 rings (SSSR count). The first kappa shape index (κ1) is 20.1. The average molecular weight is 384 g/mol. The van der Waals surface area contributed by atoms with E-state index < -0.39 is 6.04 Å². The Morgan fingerprint density at radius 2 is 1.93 bits per heavy atom. The predicted molar refractivity (Wildman–Crippen MR) is 106 cm³/mol. The van der Waals surface area contributed by atoms with Crippen molar-refractivity contribution < 1.29 is 18.7 Å². The summed E-state index contributed by atoms with van der Waals surface area (Å²) < 4.78 is 10.8. The highest BCUT2D eigenvalue weighted by molar-refractivity contribution is 5.96. The number of amides is 2. The zero-order valence-electron chi connectivity index (χ0n) is 16.4. The Bertz CT molecular complexity index is 773. The van der Waals surface area contributed by atoms with E-state index in [1.54, 1.807) is 17.0 Å². The number of benzene rings is 1. The van der Waals surface area contributed by atoms with E-state index in [1.165, 1.54) is 6.26 Å². The lowest BCUT2D eigenvalue weighted by Crippen LogP contribution is -2.52. The number of carbonyl (C=O) groups is 2. The van der Waals surface area contributed by atoms with Gasteiger partial charge < -0.3 is 19.4 Å². The topological polar surface area (TPSA) is 71.8 Å². The maximum Gasteiger partial charge on any atom is 0.290 e. The molecule has 0 unspecified atom stereocenters. The van der Waals surface area contributed by atoms with Crippen molar-refractivity contribution in [3.05, 3.63) is 59.5 Å². The second-order valence-electron chi connectivity index (χ2n) is 7.01. The van der Waals surface area contributed by atoms with Crippen LogP contribution in [-0.2, 0) is 22.5 Å². The zero-order chi connectivity index (χ0) is 19.8. The van der Waals surface area contributed by atoms with Crippen LogP contribution in [0.25, 0.3) is 0 Å². The Morgan fingerprint density at radius 3 is 2.68 bits per heavy atom. The minimum Gasteiger partial charge on any atom is -0.459 e. The Hall–Kier alpha value is -2.60. The fraction of sp³-hybridized carbons (Fsp3) is 0.455. The highest BCUT2D eigenvalue weighted by Gasteiger charge is 2.35. The van der Waals surface area contributed by atoms with E-state index in [4.69, 9.17) is 9.15 Å². The monoisotopic (exact) mass is 384 g/mol. The van der Waals surface area contributed by atoms with Gasteiger partial charge in [0.25, 0.3) is 5.91 Å². The van der Waals surface area contributed by atoms with Crippen LogP contribution in [0.5, 0.6) is 0 Å². The molecule has 0 saturated carbocycles. The molecule has 1 N–H and O–H groups in total. The number of carbonyl (C=O) groups excluding carboxylic acids is 2. The molecule has 0 saturated heterocycles. The fourth-order valence-corrected chi connectivity index (χ4v) is 3.36. The number of rotatable bonds is 9. The number of nitrogens with zero attached hydrogens (tertiary/aromatic N) is 1. The zero-order valence-corrected chi connectivity index (χ0v) is 16.4. The van der Waals surface area contributed by atoms with Crippen LogP contribution in [0.1, 0.15) is 47.9 Å². The van der Waals surface area contributed by atoms with E-state index in [-0.39, 0.29) is 17.6 Å². The maximum absolute atomic E-state index is 12.9. The second-order valence-corrected chi connectivity index (χ2v) is 7.01. The van der Waals surface area contributed by atoms with Gasteiger partial charge in [0, 0.05) is 32.7 Å². The summed E-state index contributed by atoms with van der Waals surface area (Å²) in [6.07, 6.45) is 4.89. The van der Waals surface area contributed by atoms with Gasteiger partial charge in [-0.1, -0.05) is 37.6 Å². The van der Waals surface area contributed by atoms with Crippen molar-refractivity contribution in [1.29, 1.82) is 0 Å². The standard InChI is InChI=1S/C22H28N2O4/c1-2-3-12-27-13-7-11-23-21(25)19-15-17-8-4-5-9-18(17)16-24(19)22(26)20-10-6-14-28-20/h4-6,8-10,14,19H,2-3,7,11-13,15-16H2,1H3,(H,23,25)/t19-/m0/s1. The lowest BCUT2D eigenvalue weighted by molar-refractivity contribution is -0.126. The van der Waals surface area contributed by atoms with Gasteiger partial charge in [0.05, 0.1) is 6.26 Å². The number of hydrogen-bond donors (Lipinski definition) is 1. The lowest BCUT2D eigenvalue weighted by Gasteiger charge is -2.35. The van der Waals surface area contributed by atoms with E-state index >= 15 is 0 Å². The smallest absolute Gasteiger partial charge is 0.290 e. The van der Waals surface area contributed by atoms with Gasteiger partial charge in [-0.2, -0.15) is 0 Å². The van der Waals surface area contributed by atoms with E-state index in [0.717, 1.165) is 37.0 Å². The Labute approximate surface area is 165 Å². The molecule has 1 aromatic heterocycles. The fourth-order valence-electron chi connectivity index (χ4n) is 3.36. The van der Waals surface area contributed by atoms with Gasteiger partial charge in [-0.25, -0.2) is 0 Å². The van der Waals surface area contributed by atoms with Gasteiger partial charge in [-0.15, -0.1) is 0 Å². The molecule has 1 atom stereocenters. The second kappa shape index (κ2) is 10.1. The summed E-state index contributed by atoms with van der Waals surface area (Å²) in [6.45, 7) is 4.44. The van der Waals surface area contributed by atoms with Crippen molar-refractivity contribution >= 4 is 11.8 Å². The summed E-state index contributed by atoms with van der Waals surface area (Å²) in [5.41, 5.74) is 2.17. The predicted octanol–water partition coefficient (Wildman–Crippen LogP) is 3.17. The molecule has 1 aromatic carbocycles. The minimum absolute atomic E-state index is 0.136. The largest absolute Gasteiger partial charge is 0.459 e. The van der Waals surface area contributed by atoms with Gasteiger partial charge in [-0.3, -0.25) is 9.59 Å². The van der Waals surface area contributed by atoms with Gasteiger partial charge in [0.15, 0.2) is 5.76 Å². The van der Waals surface area contributed by atoms with Crippen LogP contribution in [0.4, 0.5) is 0 Å². The molecule has 0 radical (unpaired) electrons. The summed E-state index contributed by atoms with van der Waals surface area (Å²) in [5, 5.41) is 2.96. The molecule has 150 valence electrons. The van der Waals surface area contributed by atoms with Crippen LogP contribution in [0.2, 0.25) is 0 Å². The average Bonchev–Trinajstić information content (AvgIpc) is 3.26. The lowest BCUT2D eigenvalue weighted by atomic mass is 9.93. The third-order valence-corrected chi connectivity index (χ3v) is 4.95. The highest BCUT2D eigenvalue weighted by Crippen LogP contribution is 2.25. The van der Waals surface area contributed by atoms with Crippen LogP contribution in [0.15, 0.2) is 47.1 Å². The summed E-state index contributed by atoms with van der Waals surface area (Å²) in [5.74, 6) is -0.146.